The number of benzene rings is 1. The van der Waals surface area contributed by atoms with Gasteiger partial charge in [0.05, 0.1) is 7.11 Å². The normalized spacial score (nSPS) is 11.6. The van der Waals surface area contributed by atoms with Gasteiger partial charge in [-0.05, 0) is 19.1 Å². The first-order valence-electron chi connectivity index (χ1n) is 5.50. The largest absolute Gasteiger partial charge is 0.466 e. The lowest BCUT2D eigenvalue weighted by molar-refractivity contribution is -0.136. The first-order chi connectivity index (χ1) is 8.63. The third kappa shape index (κ3) is 2.18. The average Bonchev–Trinajstić information content (AvgIpc) is 2.81. The molecule has 1 aromatic carbocycles. The summed E-state index contributed by atoms with van der Waals surface area (Å²) in [6.07, 6.45) is 2.94. The molecule has 0 radical (unpaired) electrons. The van der Waals surface area contributed by atoms with Crippen molar-refractivity contribution < 1.29 is 14.3 Å². The van der Waals surface area contributed by atoms with Crippen LogP contribution in [0.15, 0.2) is 42.1 Å². The number of esters is 1. The van der Waals surface area contributed by atoms with Gasteiger partial charge < -0.3 is 9.72 Å². The van der Waals surface area contributed by atoms with E-state index in [2.05, 4.69) is 9.72 Å². The van der Waals surface area contributed by atoms with Gasteiger partial charge in [-0.25, -0.2) is 4.79 Å². The van der Waals surface area contributed by atoms with Gasteiger partial charge in [0.15, 0.2) is 5.78 Å². The Morgan fingerprint density at radius 1 is 1.28 bits per heavy atom. The molecule has 0 unspecified atom stereocenters. The smallest absolute Gasteiger partial charge is 0.333 e. The number of ketones is 1. The van der Waals surface area contributed by atoms with Gasteiger partial charge in [-0.2, -0.15) is 0 Å². The predicted octanol–water partition coefficient (Wildman–Crippen LogP) is 2.47. The number of nitrogens with one attached hydrogen (secondary N) is 1. The number of H-pyrrole nitrogens is 1. The Balaban J connectivity index is 2.38. The summed E-state index contributed by atoms with van der Waals surface area (Å²) >= 11 is 0. The molecule has 0 aliphatic rings. The molecule has 0 aliphatic carbocycles. The number of carbonyl (C=O) groups excluding carboxylic acids is 2. The molecule has 0 saturated carbocycles. The molecule has 1 aromatic heterocycles. The van der Waals surface area contributed by atoms with Crippen LogP contribution in [0.4, 0.5) is 0 Å². The van der Waals surface area contributed by atoms with Crippen molar-refractivity contribution in [2.24, 2.45) is 0 Å². The van der Waals surface area contributed by atoms with Gasteiger partial charge in [0.2, 0.25) is 0 Å². The third-order valence-corrected chi connectivity index (χ3v) is 2.71. The second-order valence-corrected chi connectivity index (χ2v) is 3.93. The molecule has 1 N–H and O–H groups in total. The van der Waals surface area contributed by atoms with Crippen LogP contribution < -0.4 is 0 Å². The second kappa shape index (κ2) is 4.87. The summed E-state index contributed by atoms with van der Waals surface area (Å²) in [5, 5.41) is 0.844. The van der Waals surface area contributed by atoms with Crippen molar-refractivity contribution in [3.05, 3.63) is 47.7 Å². The zero-order valence-electron chi connectivity index (χ0n) is 10.2. The number of methoxy groups -OCH3 is 1. The summed E-state index contributed by atoms with van der Waals surface area (Å²) in [6.45, 7) is 1.55. The highest BCUT2D eigenvalue weighted by molar-refractivity contribution is 6.15. The van der Waals surface area contributed by atoms with Crippen molar-refractivity contribution in [3.8, 4) is 0 Å². The zero-order valence-corrected chi connectivity index (χ0v) is 10.2. The maximum atomic E-state index is 12.0. The number of ether oxygens (including phenoxy) is 1. The summed E-state index contributed by atoms with van der Waals surface area (Å²) < 4.78 is 4.55. The van der Waals surface area contributed by atoms with Crippen molar-refractivity contribution in [2.75, 3.05) is 7.11 Å². The monoisotopic (exact) mass is 243 g/mol. The fourth-order valence-corrected chi connectivity index (χ4v) is 1.77. The molecule has 2 rings (SSSR count). The van der Waals surface area contributed by atoms with Gasteiger partial charge in [0, 0.05) is 28.2 Å². The van der Waals surface area contributed by atoms with E-state index in [-0.39, 0.29) is 11.4 Å². The first-order valence-corrected chi connectivity index (χ1v) is 5.50. The standard InChI is InChI=1S/C14H13NO3/c1-9(14(17)18-2)7-13(16)11-8-15-12-6-4-3-5-10(11)12/h3-8,15H,1-2H3/b9-7-. The number of aromatic amines is 1. The Kier molecular flexibility index (Phi) is 3.28. The van der Waals surface area contributed by atoms with Crippen LogP contribution >= 0.6 is 0 Å². The predicted molar refractivity (Wildman–Crippen MR) is 68.4 cm³/mol. The van der Waals surface area contributed by atoms with Crippen molar-refractivity contribution in [1.29, 1.82) is 0 Å². The Morgan fingerprint density at radius 3 is 2.72 bits per heavy atom. The maximum absolute atomic E-state index is 12.0. The minimum Gasteiger partial charge on any atom is -0.466 e. The summed E-state index contributed by atoms with van der Waals surface area (Å²) in [5.41, 5.74) is 1.73. The van der Waals surface area contributed by atoms with Gasteiger partial charge in [-0.1, -0.05) is 18.2 Å². The van der Waals surface area contributed by atoms with Crippen molar-refractivity contribution in [1.82, 2.24) is 4.98 Å². The number of para-hydroxylation sites is 1. The van der Waals surface area contributed by atoms with E-state index < -0.39 is 5.97 Å². The number of hydrogen-bond acceptors (Lipinski definition) is 3. The highest BCUT2D eigenvalue weighted by Gasteiger charge is 2.12. The van der Waals surface area contributed by atoms with E-state index in [1.165, 1.54) is 13.2 Å². The molecule has 92 valence electrons. The fourth-order valence-electron chi connectivity index (χ4n) is 1.77. The minimum absolute atomic E-state index is 0.213. The summed E-state index contributed by atoms with van der Waals surface area (Å²) in [6, 6.07) is 7.51. The highest BCUT2D eigenvalue weighted by atomic mass is 16.5. The molecule has 4 heteroatoms. The second-order valence-electron chi connectivity index (χ2n) is 3.93. The fraction of sp³-hybridized carbons (Fsp3) is 0.143. The number of hydrogen-bond donors (Lipinski definition) is 1. The Labute approximate surface area is 104 Å². The summed E-state index contributed by atoms with van der Waals surface area (Å²) in [5.74, 6) is -0.710. The van der Waals surface area contributed by atoms with E-state index in [0.29, 0.717) is 5.56 Å². The van der Waals surface area contributed by atoms with Crippen LogP contribution in [0.2, 0.25) is 0 Å². The summed E-state index contributed by atoms with van der Waals surface area (Å²) in [4.78, 5) is 26.3. The number of aromatic nitrogens is 1. The van der Waals surface area contributed by atoms with E-state index in [9.17, 15) is 9.59 Å². The van der Waals surface area contributed by atoms with E-state index >= 15 is 0 Å². The topological polar surface area (TPSA) is 59.2 Å². The quantitative estimate of drug-likeness (QED) is 0.512. The molecular weight excluding hydrogens is 230 g/mol. The van der Waals surface area contributed by atoms with Crippen molar-refractivity contribution in [2.45, 2.75) is 6.92 Å². The van der Waals surface area contributed by atoms with E-state index in [0.717, 1.165) is 10.9 Å². The lowest BCUT2D eigenvalue weighted by atomic mass is 10.1. The lowest BCUT2D eigenvalue weighted by Crippen LogP contribution is -2.04. The van der Waals surface area contributed by atoms with Gasteiger partial charge in [-0.3, -0.25) is 4.79 Å². The molecule has 0 aliphatic heterocycles. The molecule has 2 aromatic rings. The number of allylic oxidation sites excluding steroid dienone is 1. The Morgan fingerprint density at radius 2 is 2.00 bits per heavy atom. The van der Waals surface area contributed by atoms with Crippen LogP contribution in [-0.2, 0) is 9.53 Å². The van der Waals surface area contributed by atoms with Crippen LogP contribution in [0, 0.1) is 0 Å². The van der Waals surface area contributed by atoms with Gasteiger partial charge in [0.1, 0.15) is 0 Å². The van der Waals surface area contributed by atoms with Crippen molar-refractivity contribution in [3.63, 3.8) is 0 Å². The number of rotatable bonds is 3. The van der Waals surface area contributed by atoms with E-state index in [1.54, 1.807) is 13.1 Å². The van der Waals surface area contributed by atoms with Crippen LogP contribution in [0.1, 0.15) is 17.3 Å². The van der Waals surface area contributed by atoms with Gasteiger partial charge >= 0.3 is 5.97 Å². The lowest BCUT2D eigenvalue weighted by Gasteiger charge is -1.98. The Bertz CT molecular complexity index is 637. The summed E-state index contributed by atoms with van der Waals surface area (Å²) in [7, 11) is 1.29. The molecule has 0 fully saturated rings. The first kappa shape index (κ1) is 12.1. The zero-order chi connectivity index (χ0) is 13.1. The molecule has 0 bridgehead atoms. The molecule has 0 atom stereocenters. The minimum atomic E-state index is -0.497. The number of fused-ring (bicyclic) bond motifs is 1. The molecule has 0 saturated heterocycles. The molecular formula is C14H13NO3. The van der Waals surface area contributed by atoms with Gasteiger partial charge in [0.25, 0.3) is 0 Å². The molecule has 1 heterocycles. The van der Waals surface area contributed by atoms with Crippen molar-refractivity contribution >= 4 is 22.7 Å². The van der Waals surface area contributed by atoms with Gasteiger partial charge in [-0.15, -0.1) is 0 Å². The van der Waals surface area contributed by atoms with Crippen LogP contribution in [0.25, 0.3) is 10.9 Å². The van der Waals surface area contributed by atoms with Crippen LogP contribution in [0.5, 0.6) is 0 Å². The molecule has 0 amide bonds. The molecule has 18 heavy (non-hydrogen) atoms. The molecule has 0 spiro atoms. The average molecular weight is 243 g/mol. The third-order valence-electron chi connectivity index (χ3n) is 2.71. The maximum Gasteiger partial charge on any atom is 0.333 e. The number of carbonyl (C=O) groups is 2. The van der Waals surface area contributed by atoms with Crippen LogP contribution in [-0.4, -0.2) is 23.8 Å². The SMILES string of the molecule is COC(=O)/C(C)=C\C(=O)c1c[nH]c2ccccc12. The highest BCUT2D eigenvalue weighted by Crippen LogP contribution is 2.18. The molecule has 4 nitrogen and oxygen atoms in total. The van der Waals surface area contributed by atoms with Crippen LogP contribution in [0.3, 0.4) is 0 Å². The Hall–Kier alpha value is -2.36. The van der Waals surface area contributed by atoms with E-state index in [4.69, 9.17) is 0 Å². The van der Waals surface area contributed by atoms with E-state index in [1.807, 2.05) is 24.3 Å².